The van der Waals surface area contributed by atoms with Crippen LogP contribution in [-0.4, -0.2) is 67.0 Å². The summed E-state index contributed by atoms with van der Waals surface area (Å²) in [5.41, 5.74) is 15.2. The summed E-state index contributed by atoms with van der Waals surface area (Å²) in [6, 6.07) is 15.6. The number of thiazole rings is 1. The van der Waals surface area contributed by atoms with Crippen molar-refractivity contribution in [3.63, 3.8) is 0 Å². The van der Waals surface area contributed by atoms with Crippen LogP contribution in [0.4, 0.5) is 10.8 Å². The number of amides is 1. The Hall–Kier alpha value is -5.03. The molecule has 1 fully saturated rings. The van der Waals surface area contributed by atoms with Gasteiger partial charge < -0.3 is 26.0 Å². The van der Waals surface area contributed by atoms with Crippen LogP contribution in [0, 0.1) is 5.92 Å². The number of hydrogen-bond donors (Lipinski definition) is 3. The first kappa shape index (κ1) is 34.4. The van der Waals surface area contributed by atoms with E-state index in [1.807, 2.05) is 77.1 Å². The molecule has 5 N–H and O–H groups in total. The molecule has 2 aliphatic rings. The number of halogens is 1. The van der Waals surface area contributed by atoms with Crippen molar-refractivity contribution in [1.82, 2.24) is 14.5 Å². The molecular weight excluding hydrogens is 732 g/mol. The second kappa shape index (κ2) is 14.3. The number of β-lactam (4-membered cyclic amide) rings is 1. The van der Waals surface area contributed by atoms with Gasteiger partial charge in [0.1, 0.15) is 28.7 Å². The Morgan fingerprint density at radius 1 is 1.22 bits per heavy atom. The number of anilines is 1. The maximum atomic E-state index is 13.4. The molecule has 17 heteroatoms. The number of aliphatic imine (C=N–C) groups is 1. The molecule has 2 aliphatic heterocycles. The van der Waals surface area contributed by atoms with E-state index in [0.29, 0.717) is 23.7 Å². The highest BCUT2D eigenvalue weighted by Gasteiger charge is 2.54. The minimum absolute atomic E-state index is 0.0534. The molecule has 7 rings (SSSR count). The van der Waals surface area contributed by atoms with Gasteiger partial charge >= 0.3 is 5.97 Å². The van der Waals surface area contributed by atoms with Crippen LogP contribution in [0.25, 0.3) is 10.9 Å². The molecule has 5 aromatic rings. The van der Waals surface area contributed by atoms with Crippen molar-refractivity contribution in [1.29, 1.82) is 0 Å². The molecule has 1 amide bonds. The molecule has 0 unspecified atom stereocenters. The van der Waals surface area contributed by atoms with Gasteiger partial charge in [-0.15, -0.1) is 23.1 Å². The predicted molar refractivity (Wildman–Crippen MR) is 198 cm³/mol. The molecule has 4 aromatic heterocycles. The normalized spacial score (nSPS) is 17.8. The minimum Gasteiger partial charge on any atom is -0.477 e. The number of ketones is 1. The van der Waals surface area contributed by atoms with E-state index < -0.39 is 29.0 Å². The predicted octanol–water partition coefficient (Wildman–Crippen LogP) is 4.65. The van der Waals surface area contributed by atoms with E-state index in [1.165, 1.54) is 23.8 Å². The van der Waals surface area contributed by atoms with Crippen molar-refractivity contribution in [3.8, 4) is 0 Å². The SMILES string of the molecule is CO/N=C(\C(=O)C[C@@H]1C(=O)N2C(C(=O)O)=C(C[n+]3ccc4c(ccn4Cc4cc(C(N)=Nc5ccccc5)cs4)c3)CS[C@H]12)c1nc(N)sc1Cl. The van der Waals surface area contributed by atoms with E-state index in [2.05, 4.69) is 19.7 Å². The first-order valence-electron chi connectivity index (χ1n) is 15.5. The number of nitrogens with zero attached hydrogens (tertiary/aromatic N) is 6. The molecule has 0 saturated carbocycles. The molecule has 0 aliphatic carbocycles. The van der Waals surface area contributed by atoms with Crippen molar-refractivity contribution in [2.24, 2.45) is 21.8 Å². The number of carbonyl (C=O) groups excluding carboxylic acids is 2. The first-order valence-corrected chi connectivity index (χ1v) is 18.6. The van der Waals surface area contributed by atoms with Crippen LogP contribution in [0.2, 0.25) is 4.34 Å². The topological polar surface area (TPSA) is 182 Å². The number of rotatable bonds is 12. The lowest BCUT2D eigenvalue weighted by molar-refractivity contribution is -0.687. The molecular formula is C34H30ClN8O5S3+. The van der Waals surface area contributed by atoms with E-state index in [4.69, 9.17) is 27.9 Å². The number of fused-ring (bicyclic) bond motifs is 2. The van der Waals surface area contributed by atoms with E-state index in [0.717, 1.165) is 38.4 Å². The van der Waals surface area contributed by atoms with Crippen molar-refractivity contribution < 1.29 is 28.9 Å². The van der Waals surface area contributed by atoms with Gasteiger partial charge in [0, 0.05) is 45.8 Å². The smallest absolute Gasteiger partial charge is 0.352 e. The zero-order valence-electron chi connectivity index (χ0n) is 26.9. The number of pyridine rings is 1. The summed E-state index contributed by atoms with van der Waals surface area (Å²) in [6.07, 6.45) is 5.67. The summed E-state index contributed by atoms with van der Waals surface area (Å²) in [5, 5.41) is 16.7. The molecule has 1 aromatic carbocycles. The summed E-state index contributed by atoms with van der Waals surface area (Å²) < 4.78 is 4.23. The highest BCUT2D eigenvalue weighted by atomic mass is 35.5. The van der Waals surface area contributed by atoms with Crippen LogP contribution >= 0.6 is 46.0 Å². The number of nitrogen functional groups attached to an aromatic ring is 1. The largest absolute Gasteiger partial charge is 0.477 e. The van der Waals surface area contributed by atoms with Crippen LogP contribution in [0.5, 0.6) is 0 Å². The van der Waals surface area contributed by atoms with Gasteiger partial charge in [0.15, 0.2) is 35.6 Å². The minimum atomic E-state index is -1.20. The third-order valence-corrected chi connectivity index (χ3v) is 11.9. The van der Waals surface area contributed by atoms with E-state index in [-0.39, 0.29) is 39.5 Å². The number of thioether (sulfide) groups is 1. The Bertz CT molecular complexity index is 2280. The maximum Gasteiger partial charge on any atom is 0.352 e. The summed E-state index contributed by atoms with van der Waals surface area (Å²) in [7, 11) is 1.28. The molecule has 13 nitrogen and oxygen atoms in total. The number of carbonyl (C=O) groups is 3. The summed E-state index contributed by atoms with van der Waals surface area (Å²) in [4.78, 5) is 55.0. The lowest BCUT2D eigenvalue weighted by Crippen LogP contribution is -2.62. The Labute approximate surface area is 308 Å². The fraction of sp³-hybridized carbons (Fsp3) is 0.206. The summed E-state index contributed by atoms with van der Waals surface area (Å²) in [5.74, 6) is -2.06. The third kappa shape index (κ3) is 6.87. The quantitative estimate of drug-likeness (QED) is 0.0536. The maximum absolute atomic E-state index is 13.4. The van der Waals surface area contributed by atoms with E-state index in [9.17, 15) is 19.5 Å². The molecule has 260 valence electrons. The van der Waals surface area contributed by atoms with Crippen molar-refractivity contribution in [3.05, 3.63) is 104 Å². The fourth-order valence-corrected chi connectivity index (χ4v) is 9.34. The standard InChI is InChI=1S/C34H29ClN8O5S3/c1-48-40-26(27-29(35)51-34(37)39-27)25(44)12-23-31(45)43-28(33(46)47)20(17-50-32(23)43)14-41-9-8-24-18(13-41)7-10-42(24)15-22-11-19(16-49-22)30(36)38-21-5-3-2-4-6-21/h2-11,13,16,23,32H,12,14-15,17H2,1H3,(H4-,36,37,38,39,46,47)/p+1/b40-26+/t23-,32-/m1/s1. The van der Waals surface area contributed by atoms with Crippen molar-refractivity contribution >= 4 is 97.0 Å². The van der Waals surface area contributed by atoms with Gasteiger partial charge in [-0.2, -0.15) is 0 Å². The van der Waals surface area contributed by atoms with E-state index >= 15 is 0 Å². The molecule has 0 spiro atoms. The highest BCUT2D eigenvalue weighted by molar-refractivity contribution is 8.00. The number of para-hydroxylation sites is 1. The van der Waals surface area contributed by atoms with Gasteiger partial charge in [-0.1, -0.05) is 46.3 Å². The zero-order valence-corrected chi connectivity index (χ0v) is 30.1. The highest BCUT2D eigenvalue weighted by Crippen LogP contribution is 2.45. The number of hydrogen-bond acceptors (Lipinski definition) is 11. The van der Waals surface area contributed by atoms with Gasteiger partial charge in [-0.3, -0.25) is 14.5 Å². The second-order valence-electron chi connectivity index (χ2n) is 11.7. The molecule has 0 bridgehead atoms. The number of Topliss-reactive ketones (excluding diaryl/α,β-unsaturated/α-hetero) is 1. The number of carboxylic acid groups (broad SMARTS) is 1. The number of aliphatic carboxylic acids is 1. The fourth-order valence-electron chi connectivity index (χ4n) is 6.14. The third-order valence-electron chi connectivity index (χ3n) is 8.46. The van der Waals surface area contributed by atoms with Crippen molar-refractivity contribution in [2.45, 2.75) is 24.9 Å². The van der Waals surface area contributed by atoms with Crippen LogP contribution in [0.3, 0.4) is 0 Å². The molecule has 51 heavy (non-hydrogen) atoms. The number of benzene rings is 1. The number of amidine groups is 1. The van der Waals surface area contributed by atoms with Gasteiger partial charge in [0.2, 0.25) is 5.91 Å². The molecule has 0 radical (unpaired) electrons. The van der Waals surface area contributed by atoms with Gasteiger partial charge in [0.25, 0.3) is 0 Å². The number of oxime groups is 1. The van der Waals surface area contributed by atoms with Crippen LogP contribution in [-0.2, 0) is 32.3 Å². The Morgan fingerprint density at radius 2 is 2.02 bits per heavy atom. The van der Waals surface area contributed by atoms with Gasteiger partial charge in [-0.05, 0) is 24.3 Å². The number of aromatic nitrogens is 3. The lowest BCUT2D eigenvalue weighted by Gasteiger charge is -2.49. The number of carboxylic acids is 1. The Morgan fingerprint density at radius 3 is 2.75 bits per heavy atom. The molecule has 1 saturated heterocycles. The Kier molecular flexibility index (Phi) is 9.65. The van der Waals surface area contributed by atoms with Gasteiger partial charge in [-0.25, -0.2) is 19.3 Å². The summed E-state index contributed by atoms with van der Waals surface area (Å²) >= 11 is 10.2. The van der Waals surface area contributed by atoms with E-state index in [1.54, 1.807) is 11.3 Å². The lowest BCUT2D eigenvalue weighted by atomic mass is 9.89. The Balaban J connectivity index is 1.05. The molecule has 6 heterocycles. The second-order valence-corrected chi connectivity index (χ2v) is 15.5. The first-order chi connectivity index (χ1) is 24.6. The van der Waals surface area contributed by atoms with Crippen LogP contribution in [0.1, 0.15) is 22.6 Å². The summed E-state index contributed by atoms with van der Waals surface area (Å²) in [6.45, 7) is 0.923. The zero-order chi connectivity index (χ0) is 35.8. The number of nitrogens with two attached hydrogens (primary N) is 2. The molecule has 2 atom stereocenters. The monoisotopic (exact) mass is 761 g/mol. The van der Waals surface area contributed by atoms with Crippen molar-refractivity contribution in [2.75, 3.05) is 18.6 Å². The number of thiophene rings is 1. The van der Waals surface area contributed by atoms with Gasteiger partial charge in [0.05, 0.1) is 34.4 Å². The average molecular weight is 762 g/mol. The van der Waals surface area contributed by atoms with Crippen LogP contribution < -0.4 is 16.0 Å². The average Bonchev–Trinajstić information content (AvgIpc) is 3.84. The van der Waals surface area contributed by atoms with Crippen LogP contribution in [0.15, 0.2) is 93.9 Å².